The quantitative estimate of drug-likeness (QED) is 0.269. The molecule has 1 fully saturated rings. The number of nitro benzene ring substituents is 1. The van der Waals surface area contributed by atoms with E-state index in [9.17, 15) is 19.7 Å². The molecule has 0 spiro atoms. The summed E-state index contributed by atoms with van der Waals surface area (Å²) in [4.78, 5) is 33.3. The summed E-state index contributed by atoms with van der Waals surface area (Å²) in [7, 11) is 0. The molecule has 8 nitrogen and oxygen atoms in total. The maximum Gasteiger partial charge on any atom is 0.508 e. The third-order valence-corrected chi connectivity index (χ3v) is 3.78. The van der Waals surface area contributed by atoms with Crippen LogP contribution in [0.5, 0.6) is 0 Å². The topological polar surface area (TPSA) is 108 Å². The zero-order chi connectivity index (χ0) is 17.7. The van der Waals surface area contributed by atoms with E-state index in [1.807, 2.05) is 0 Å². The molecule has 0 aromatic heterocycles. The molecule has 3 atom stereocenters. The molecule has 1 aromatic carbocycles. The molecule has 1 amide bonds. The molecule has 1 saturated heterocycles. The lowest BCUT2D eigenvalue weighted by Crippen LogP contribution is -2.62. The van der Waals surface area contributed by atoms with Crippen molar-refractivity contribution in [3.05, 3.63) is 52.6 Å². The van der Waals surface area contributed by atoms with E-state index in [-0.39, 0.29) is 24.2 Å². The summed E-state index contributed by atoms with van der Waals surface area (Å²) in [6.07, 6.45) is 0.782. The molecule has 0 aliphatic carbocycles. The number of carbonyl (C=O) groups is 2. The molecule has 2 rings (SSSR count). The van der Waals surface area contributed by atoms with Gasteiger partial charge >= 0.3 is 6.16 Å². The lowest BCUT2D eigenvalue weighted by molar-refractivity contribution is -0.384. The highest BCUT2D eigenvalue weighted by Gasteiger charge is 2.43. The van der Waals surface area contributed by atoms with E-state index in [1.54, 1.807) is 13.0 Å². The molecule has 1 aliphatic heterocycles. The van der Waals surface area contributed by atoms with Gasteiger partial charge in [0.15, 0.2) is 0 Å². The van der Waals surface area contributed by atoms with Crippen LogP contribution in [-0.4, -0.2) is 29.1 Å². The molecule has 0 saturated carbocycles. The van der Waals surface area contributed by atoms with Gasteiger partial charge in [-0.05, 0) is 31.0 Å². The Morgan fingerprint density at radius 2 is 2.12 bits per heavy atom. The van der Waals surface area contributed by atoms with Crippen LogP contribution in [-0.2, 0) is 20.9 Å². The van der Waals surface area contributed by atoms with Crippen LogP contribution in [0.1, 0.15) is 18.9 Å². The highest BCUT2D eigenvalue weighted by atomic mass is 16.7. The van der Waals surface area contributed by atoms with Crippen molar-refractivity contribution in [2.24, 2.45) is 5.92 Å². The first-order valence-corrected chi connectivity index (χ1v) is 7.40. The number of non-ortho nitro benzene ring substituents is 1. The zero-order valence-electron chi connectivity index (χ0n) is 13.1. The minimum Gasteiger partial charge on any atom is -0.430 e. The lowest BCUT2D eigenvalue weighted by Gasteiger charge is -2.39. The van der Waals surface area contributed by atoms with Crippen LogP contribution >= 0.6 is 0 Å². The number of rotatable bonds is 7. The fourth-order valence-corrected chi connectivity index (χ4v) is 2.50. The molecule has 0 bridgehead atoms. The highest BCUT2D eigenvalue weighted by Crippen LogP contribution is 2.24. The van der Waals surface area contributed by atoms with Crippen molar-refractivity contribution in [1.82, 2.24) is 5.32 Å². The Morgan fingerprint density at radius 1 is 1.46 bits per heavy atom. The molecule has 1 N–H and O–H groups in total. The average Bonchev–Trinajstić information content (AvgIpc) is 2.52. The van der Waals surface area contributed by atoms with Crippen LogP contribution in [0, 0.1) is 16.0 Å². The summed E-state index contributed by atoms with van der Waals surface area (Å²) in [6, 6.07) is 5.55. The van der Waals surface area contributed by atoms with E-state index in [0.717, 1.165) is 0 Å². The van der Waals surface area contributed by atoms with Crippen molar-refractivity contribution in [3.8, 4) is 0 Å². The SMILES string of the molecule is C=CC[C@H]1NC(=O)[C@@H]1[C@@H](C)OC(=O)OCc1ccc([N+](=O)[O-])cc1. The first kappa shape index (κ1) is 17.5. The van der Waals surface area contributed by atoms with Crippen LogP contribution < -0.4 is 5.32 Å². The third-order valence-electron chi connectivity index (χ3n) is 3.78. The van der Waals surface area contributed by atoms with Gasteiger partial charge in [-0.15, -0.1) is 6.58 Å². The summed E-state index contributed by atoms with van der Waals surface area (Å²) in [5.74, 6) is -0.590. The van der Waals surface area contributed by atoms with E-state index < -0.39 is 23.1 Å². The molecule has 8 heteroatoms. The number of nitrogens with one attached hydrogen (secondary N) is 1. The second-order valence-corrected chi connectivity index (χ2v) is 5.45. The number of amides is 1. The first-order chi connectivity index (χ1) is 11.4. The Morgan fingerprint density at radius 3 is 2.67 bits per heavy atom. The van der Waals surface area contributed by atoms with Crippen LogP contribution in [0.4, 0.5) is 10.5 Å². The Hall–Kier alpha value is -2.90. The third kappa shape index (κ3) is 4.09. The average molecular weight is 334 g/mol. The van der Waals surface area contributed by atoms with Crippen molar-refractivity contribution in [2.45, 2.75) is 32.1 Å². The van der Waals surface area contributed by atoms with Crippen molar-refractivity contribution < 1.29 is 24.0 Å². The normalized spacial score (nSPS) is 20.3. The van der Waals surface area contributed by atoms with Crippen LogP contribution in [0.3, 0.4) is 0 Å². The molecule has 1 aliphatic rings. The first-order valence-electron chi connectivity index (χ1n) is 7.40. The van der Waals surface area contributed by atoms with Gasteiger partial charge < -0.3 is 14.8 Å². The smallest absolute Gasteiger partial charge is 0.430 e. The number of hydrogen-bond acceptors (Lipinski definition) is 6. The molecule has 1 aromatic rings. The lowest BCUT2D eigenvalue weighted by atomic mass is 9.84. The fourth-order valence-electron chi connectivity index (χ4n) is 2.50. The predicted octanol–water partition coefficient (Wildman–Crippen LogP) is 2.33. The number of benzene rings is 1. The summed E-state index contributed by atoms with van der Waals surface area (Å²) in [5.41, 5.74) is 0.551. The minimum absolute atomic E-state index is 0.0424. The number of β-lactam (4-membered cyclic amide) rings is 1. The highest BCUT2D eigenvalue weighted by molar-refractivity contribution is 5.86. The molecule has 1 heterocycles. The van der Waals surface area contributed by atoms with Gasteiger partial charge in [0.1, 0.15) is 12.7 Å². The van der Waals surface area contributed by atoms with Crippen LogP contribution in [0.2, 0.25) is 0 Å². The van der Waals surface area contributed by atoms with E-state index >= 15 is 0 Å². The second kappa shape index (κ2) is 7.58. The van der Waals surface area contributed by atoms with E-state index in [0.29, 0.717) is 12.0 Å². The van der Waals surface area contributed by atoms with Gasteiger partial charge in [0.25, 0.3) is 5.69 Å². The van der Waals surface area contributed by atoms with Gasteiger partial charge in [0, 0.05) is 18.2 Å². The minimum atomic E-state index is -0.891. The van der Waals surface area contributed by atoms with Gasteiger partial charge in [-0.3, -0.25) is 14.9 Å². The Kier molecular flexibility index (Phi) is 5.51. The molecule has 24 heavy (non-hydrogen) atoms. The fraction of sp³-hybridized carbons (Fsp3) is 0.375. The summed E-state index contributed by atoms with van der Waals surface area (Å²) in [5, 5.41) is 13.3. The molecular formula is C16H18N2O6. The van der Waals surface area contributed by atoms with Crippen molar-refractivity contribution in [3.63, 3.8) is 0 Å². The maximum atomic E-state index is 11.7. The molecule has 0 unspecified atom stereocenters. The van der Waals surface area contributed by atoms with Crippen molar-refractivity contribution in [2.75, 3.05) is 0 Å². The Labute approximate surface area is 138 Å². The number of hydrogen-bond donors (Lipinski definition) is 1. The Bertz CT molecular complexity index is 640. The number of carbonyl (C=O) groups excluding carboxylic acids is 2. The van der Waals surface area contributed by atoms with Crippen LogP contribution in [0.15, 0.2) is 36.9 Å². The van der Waals surface area contributed by atoms with E-state index in [1.165, 1.54) is 24.3 Å². The van der Waals surface area contributed by atoms with Crippen LogP contribution in [0.25, 0.3) is 0 Å². The summed E-state index contributed by atoms with van der Waals surface area (Å²) >= 11 is 0. The monoisotopic (exact) mass is 334 g/mol. The second-order valence-electron chi connectivity index (χ2n) is 5.45. The predicted molar refractivity (Wildman–Crippen MR) is 84.1 cm³/mol. The zero-order valence-corrected chi connectivity index (χ0v) is 13.1. The van der Waals surface area contributed by atoms with Gasteiger partial charge in [-0.1, -0.05) is 6.08 Å². The number of nitro groups is 1. The van der Waals surface area contributed by atoms with E-state index in [2.05, 4.69) is 11.9 Å². The Balaban J connectivity index is 1.81. The summed E-state index contributed by atoms with van der Waals surface area (Å²) < 4.78 is 10.1. The molecular weight excluding hydrogens is 316 g/mol. The van der Waals surface area contributed by atoms with Crippen molar-refractivity contribution in [1.29, 1.82) is 0 Å². The van der Waals surface area contributed by atoms with Gasteiger partial charge in [0.2, 0.25) is 5.91 Å². The van der Waals surface area contributed by atoms with Gasteiger partial charge in [0.05, 0.1) is 10.8 Å². The van der Waals surface area contributed by atoms with Gasteiger partial charge in [-0.25, -0.2) is 4.79 Å². The van der Waals surface area contributed by atoms with Crippen molar-refractivity contribution >= 4 is 17.7 Å². The maximum absolute atomic E-state index is 11.7. The molecule has 128 valence electrons. The standard InChI is InChI=1S/C16H18N2O6/c1-3-4-13-14(15(19)17-13)10(2)24-16(20)23-9-11-5-7-12(8-6-11)18(21)22/h3,5-8,10,13-14H,1,4,9H2,2H3,(H,17,19)/t10-,13-,14-/m1/s1. The van der Waals surface area contributed by atoms with Gasteiger partial charge in [-0.2, -0.15) is 0 Å². The largest absolute Gasteiger partial charge is 0.508 e. The number of ether oxygens (including phenoxy) is 2. The van der Waals surface area contributed by atoms with E-state index in [4.69, 9.17) is 9.47 Å². The summed E-state index contributed by atoms with van der Waals surface area (Å²) in [6.45, 7) is 5.18. The number of nitrogens with zero attached hydrogens (tertiary/aromatic N) is 1. The molecule has 0 radical (unpaired) electrons.